The van der Waals surface area contributed by atoms with Crippen LogP contribution in [0.1, 0.15) is 15.4 Å². The number of nitrogens with two attached hydrogens (primary N) is 1. The third kappa shape index (κ3) is 3.25. The number of carbonyl (C=O) groups is 1. The number of halogens is 2. The number of nitrogens with zero attached hydrogens (tertiary/aromatic N) is 1. The van der Waals surface area contributed by atoms with E-state index in [0.717, 1.165) is 17.1 Å². The summed E-state index contributed by atoms with van der Waals surface area (Å²) in [5, 5.41) is 5.18. The number of anilines is 1. The lowest BCUT2D eigenvalue weighted by molar-refractivity contribution is 0.0949. The van der Waals surface area contributed by atoms with Gasteiger partial charge in [0.25, 0.3) is 5.91 Å². The van der Waals surface area contributed by atoms with E-state index in [2.05, 4.69) is 10.3 Å². The maximum absolute atomic E-state index is 13.6. The number of thiazole rings is 1. The molecule has 2 rings (SSSR count). The van der Waals surface area contributed by atoms with Crippen LogP contribution in [0.5, 0.6) is 0 Å². The number of amides is 1. The van der Waals surface area contributed by atoms with Crippen molar-refractivity contribution in [1.82, 2.24) is 10.3 Å². The molecule has 100 valence electrons. The largest absolute Gasteiger partial charge is 0.396 e. The van der Waals surface area contributed by atoms with E-state index < -0.39 is 23.1 Å². The number of benzene rings is 1. The molecule has 0 bridgehead atoms. The van der Waals surface area contributed by atoms with Gasteiger partial charge < -0.3 is 11.1 Å². The molecule has 7 heteroatoms. The van der Waals surface area contributed by atoms with E-state index in [1.54, 1.807) is 6.20 Å². The number of carbonyl (C=O) groups excluding carboxylic acids is 1. The summed E-state index contributed by atoms with van der Waals surface area (Å²) in [6.07, 6.45) is 2.20. The molecular weight excluding hydrogens is 272 g/mol. The fourth-order valence-corrected chi connectivity index (χ4v) is 2.15. The van der Waals surface area contributed by atoms with Crippen molar-refractivity contribution >= 4 is 22.9 Å². The highest BCUT2D eigenvalue weighted by Crippen LogP contribution is 2.17. The molecule has 0 aliphatic heterocycles. The molecule has 0 aliphatic carbocycles. The molecule has 0 radical (unpaired) electrons. The van der Waals surface area contributed by atoms with Crippen molar-refractivity contribution in [2.75, 3.05) is 12.3 Å². The van der Waals surface area contributed by atoms with Crippen LogP contribution in [0.2, 0.25) is 0 Å². The molecule has 1 aromatic carbocycles. The van der Waals surface area contributed by atoms with E-state index in [-0.39, 0.29) is 5.69 Å². The lowest BCUT2D eigenvalue weighted by Gasteiger charge is -2.07. The first-order valence-electron chi connectivity index (χ1n) is 5.49. The topological polar surface area (TPSA) is 68.0 Å². The molecule has 2 aromatic rings. The number of aromatic nitrogens is 1. The van der Waals surface area contributed by atoms with Crippen molar-refractivity contribution in [3.05, 3.63) is 45.9 Å². The first-order chi connectivity index (χ1) is 9.08. The van der Waals surface area contributed by atoms with Gasteiger partial charge in [-0.15, -0.1) is 11.3 Å². The van der Waals surface area contributed by atoms with E-state index in [0.29, 0.717) is 13.0 Å². The first-order valence-corrected chi connectivity index (χ1v) is 6.37. The van der Waals surface area contributed by atoms with E-state index in [1.165, 1.54) is 11.3 Å². The number of nitrogen functional groups attached to an aromatic ring is 1. The summed E-state index contributed by atoms with van der Waals surface area (Å²) >= 11 is 1.46. The van der Waals surface area contributed by atoms with E-state index >= 15 is 0 Å². The summed E-state index contributed by atoms with van der Waals surface area (Å²) in [5.41, 5.74) is 4.49. The molecular formula is C12H11F2N3OS. The van der Waals surface area contributed by atoms with Gasteiger partial charge in [0.05, 0.1) is 16.3 Å². The normalized spacial score (nSPS) is 10.4. The molecule has 3 N–H and O–H groups in total. The van der Waals surface area contributed by atoms with Gasteiger partial charge in [-0.25, -0.2) is 13.8 Å². The maximum Gasteiger partial charge on any atom is 0.254 e. The highest BCUT2D eigenvalue weighted by Gasteiger charge is 2.15. The standard InChI is InChI=1S/C12H11F2N3OS/c13-7-5-8(11(14)9(15)6-7)12(18)17-2-1-10-16-3-4-19-10/h3-6H,1-2,15H2,(H,17,18). The Kier molecular flexibility index (Phi) is 4.06. The Hall–Kier alpha value is -2.02. The number of hydrogen-bond donors (Lipinski definition) is 2. The third-order valence-corrected chi connectivity index (χ3v) is 3.26. The Labute approximate surface area is 112 Å². The molecule has 4 nitrogen and oxygen atoms in total. The third-order valence-electron chi connectivity index (χ3n) is 2.42. The minimum absolute atomic E-state index is 0.294. The van der Waals surface area contributed by atoms with Gasteiger partial charge in [-0.2, -0.15) is 0 Å². The number of hydrogen-bond acceptors (Lipinski definition) is 4. The first kappa shape index (κ1) is 13.4. The lowest BCUT2D eigenvalue weighted by atomic mass is 10.1. The van der Waals surface area contributed by atoms with Gasteiger partial charge in [0.1, 0.15) is 5.82 Å². The summed E-state index contributed by atoms with van der Waals surface area (Å²) in [5.74, 6) is -2.35. The summed E-state index contributed by atoms with van der Waals surface area (Å²) in [4.78, 5) is 15.8. The predicted molar refractivity (Wildman–Crippen MR) is 68.9 cm³/mol. The fraction of sp³-hybridized carbons (Fsp3) is 0.167. The van der Waals surface area contributed by atoms with Crippen LogP contribution in [0.3, 0.4) is 0 Å². The molecule has 0 spiro atoms. The van der Waals surface area contributed by atoms with Crippen LogP contribution in [0.15, 0.2) is 23.7 Å². The molecule has 19 heavy (non-hydrogen) atoms. The molecule has 0 saturated heterocycles. The zero-order chi connectivity index (χ0) is 13.8. The van der Waals surface area contributed by atoms with Crippen LogP contribution >= 0.6 is 11.3 Å². The Morgan fingerprint density at radius 3 is 2.89 bits per heavy atom. The second-order valence-electron chi connectivity index (χ2n) is 3.79. The smallest absolute Gasteiger partial charge is 0.254 e. The zero-order valence-corrected chi connectivity index (χ0v) is 10.6. The Morgan fingerprint density at radius 2 is 2.21 bits per heavy atom. The van der Waals surface area contributed by atoms with Crippen LogP contribution < -0.4 is 11.1 Å². The van der Waals surface area contributed by atoms with E-state index in [1.807, 2.05) is 5.38 Å². The van der Waals surface area contributed by atoms with Gasteiger partial charge in [0.2, 0.25) is 0 Å². The van der Waals surface area contributed by atoms with Crippen molar-refractivity contribution in [3.8, 4) is 0 Å². The number of nitrogens with one attached hydrogen (secondary N) is 1. The van der Waals surface area contributed by atoms with Gasteiger partial charge in [-0.1, -0.05) is 0 Å². The van der Waals surface area contributed by atoms with Crippen molar-refractivity contribution < 1.29 is 13.6 Å². The second kappa shape index (κ2) is 5.75. The van der Waals surface area contributed by atoms with Gasteiger partial charge in [-0.3, -0.25) is 4.79 Å². The summed E-state index contributed by atoms with van der Waals surface area (Å²) in [6, 6.07) is 1.66. The van der Waals surface area contributed by atoms with Crippen LogP contribution in [-0.4, -0.2) is 17.4 Å². The van der Waals surface area contributed by atoms with Crippen LogP contribution in [0, 0.1) is 11.6 Å². The molecule has 1 heterocycles. The lowest BCUT2D eigenvalue weighted by Crippen LogP contribution is -2.27. The Bertz CT molecular complexity index is 587. The monoisotopic (exact) mass is 283 g/mol. The molecule has 0 aliphatic rings. The predicted octanol–water partition coefficient (Wildman–Crippen LogP) is 1.98. The van der Waals surface area contributed by atoms with Gasteiger partial charge in [0, 0.05) is 24.5 Å². The molecule has 0 atom stereocenters. The average molecular weight is 283 g/mol. The molecule has 0 fully saturated rings. The van der Waals surface area contributed by atoms with Crippen molar-refractivity contribution in [2.24, 2.45) is 0 Å². The summed E-state index contributed by atoms with van der Waals surface area (Å²) in [6.45, 7) is 0.294. The van der Waals surface area contributed by atoms with Crippen molar-refractivity contribution in [3.63, 3.8) is 0 Å². The molecule has 0 saturated carbocycles. The summed E-state index contributed by atoms with van der Waals surface area (Å²) < 4.78 is 26.6. The highest BCUT2D eigenvalue weighted by molar-refractivity contribution is 7.09. The van der Waals surface area contributed by atoms with Gasteiger partial charge in [-0.05, 0) is 12.1 Å². The molecule has 1 aromatic heterocycles. The quantitative estimate of drug-likeness (QED) is 0.843. The Morgan fingerprint density at radius 1 is 1.42 bits per heavy atom. The zero-order valence-electron chi connectivity index (χ0n) is 9.82. The minimum atomic E-state index is -0.909. The van der Waals surface area contributed by atoms with E-state index in [9.17, 15) is 13.6 Å². The van der Waals surface area contributed by atoms with Gasteiger partial charge in [0.15, 0.2) is 5.82 Å². The SMILES string of the molecule is Nc1cc(F)cc(C(=O)NCCc2nccs2)c1F. The maximum atomic E-state index is 13.6. The van der Waals surface area contributed by atoms with E-state index in [4.69, 9.17) is 5.73 Å². The minimum Gasteiger partial charge on any atom is -0.396 e. The van der Waals surface area contributed by atoms with Crippen LogP contribution in [-0.2, 0) is 6.42 Å². The Balaban J connectivity index is 2.00. The van der Waals surface area contributed by atoms with Crippen molar-refractivity contribution in [1.29, 1.82) is 0 Å². The number of rotatable bonds is 4. The summed E-state index contributed by atoms with van der Waals surface area (Å²) in [7, 11) is 0. The molecule has 0 unspecified atom stereocenters. The van der Waals surface area contributed by atoms with Crippen LogP contribution in [0.4, 0.5) is 14.5 Å². The van der Waals surface area contributed by atoms with Crippen molar-refractivity contribution in [2.45, 2.75) is 6.42 Å². The van der Waals surface area contributed by atoms with Gasteiger partial charge >= 0.3 is 0 Å². The highest BCUT2D eigenvalue weighted by atomic mass is 32.1. The second-order valence-corrected chi connectivity index (χ2v) is 4.77. The average Bonchev–Trinajstić information content (AvgIpc) is 2.86. The molecule has 1 amide bonds. The fourth-order valence-electron chi connectivity index (χ4n) is 1.53. The van der Waals surface area contributed by atoms with Crippen LogP contribution in [0.25, 0.3) is 0 Å².